The quantitative estimate of drug-likeness (QED) is 0.651. The van der Waals surface area contributed by atoms with Gasteiger partial charge in [-0.2, -0.15) is 0 Å². The van der Waals surface area contributed by atoms with Gasteiger partial charge in [0.15, 0.2) is 5.78 Å². The zero-order valence-corrected chi connectivity index (χ0v) is 8.97. The molecule has 1 aliphatic carbocycles. The Labute approximate surface area is 81.2 Å². The summed E-state index contributed by atoms with van der Waals surface area (Å²) >= 11 is 0. The maximum Gasteiger partial charge on any atom is 0.155 e. The summed E-state index contributed by atoms with van der Waals surface area (Å²) in [6.07, 6.45) is 6.22. The summed E-state index contributed by atoms with van der Waals surface area (Å²) in [5, 5.41) is 0. The summed E-state index contributed by atoms with van der Waals surface area (Å²) < 4.78 is 0. The van der Waals surface area contributed by atoms with Crippen LogP contribution in [-0.2, 0) is 4.79 Å². The van der Waals surface area contributed by atoms with E-state index < -0.39 is 0 Å². The largest absolute Gasteiger partial charge is 0.295 e. The Bertz CT molecular complexity index is 213. The van der Waals surface area contributed by atoms with E-state index in [1.807, 2.05) is 6.08 Å². The normalized spacial score (nSPS) is 23.5. The lowest BCUT2D eigenvalue weighted by molar-refractivity contribution is -0.115. The molecule has 0 saturated carbocycles. The molecule has 0 aliphatic heterocycles. The van der Waals surface area contributed by atoms with Crippen molar-refractivity contribution in [3.05, 3.63) is 11.6 Å². The standard InChI is InChI=1S/C12H20O/c1-9(2)4-5-11-6-7-12(13)8-10(11)3/h8-9,11H,4-7H2,1-3H3. The van der Waals surface area contributed by atoms with Gasteiger partial charge in [0.05, 0.1) is 0 Å². The molecule has 0 heterocycles. The summed E-state index contributed by atoms with van der Waals surface area (Å²) in [6, 6.07) is 0. The second-order valence-electron chi connectivity index (χ2n) is 4.56. The fraction of sp³-hybridized carbons (Fsp3) is 0.750. The molecule has 0 aromatic rings. The number of carbonyl (C=O) groups excluding carboxylic acids is 1. The molecular weight excluding hydrogens is 160 g/mol. The fourth-order valence-corrected chi connectivity index (χ4v) is 1.89. The number of carbonyl (C=O) groups is 1. The maximum absolute atomic E-state index is 11.1. The molecule has 0 saturated heterocycles. The lowest BCUT2D eigenvalue weighted by Gasteiger charge is -2.21. The number of rotatable bonds is 3. The van der Waals surface area contributed by atoms with E-state index in [1.165, 1.54) is 18.4 Å². The lowest BCUT2D eigenvalue weighted by atomic mass is 9.83. The molecule has 0 fully saturated rings. The van der Waals surface area contributed by atoms with Crippen molar-refractivity contribution in [1.82, 2.24) is 0 Å². The second kappa shape index (κ2) is 4.59. The third-order valence-corrected chi connectivity index (χ3v) is 2.86. The van der Waals surface area contributed by atoms with Crippen LogP contribution in [0, 0.1) is 11.8 Å². The van der Waals surface area contributed by atoms with Gasteiger partial charge in [0.2, 0.25) is 0 Å². The molecule has 0 N–H and O–H groups in total. The van der Waals surface area contributed by atoms with E-state index in [4.69, 9.17) is 0 Å². The van der Waals surface area contributed by atoms with Gasteiger partial charge in [-0.3, -0.25) is 4.79 Å². The molecule has 1 atom stereocenters. The van der Waals surface area contributed by atoms with E-state index in [1.54, 1.807) is 0 Å². The molecule has 0 radical (unpaired) electrons. The Morgan fingerprint density at radius 1 is 1.54 bits per heavy atom. The monoisotopic (exact) mass is 180 g/mol. The molecule has 74 valence electrons. The number of hydrogen-bond donors (Lipinski definition) is 0. The summed E-state index contributed by atoms with van der Waals surface area (Å²) in [5.41, 5.74) is 1.30. The summed E-state index contributed by atoms with van der Waals surface area (Å²) in [6.45, 7) is 6.61. The van der Waals surface area contributed by atoms with Crippen LogP contribution in [0.1, 0.15) is 46.5 Å². The summed E-state index contributed by atoms with van der Waals surface area (Å²) in [4.78, 5) is 11.1. The van der Waals surface area contributed by atoms with Gasteiger partial charge in [-0.15, -0.1) is 0 Å². The van der Waals surface area contributed by atoms with Crippen LogP contribution in [0.5, 0.6) is 0 Å². The lowest BCUT2D eigenvalue weighted by Crippen LogP contribution is -2.13. The summed E-state index contributed by atoms with van der Waals surface area (Å²) in [5.74, 6) is 1.78. The second-order valence-corrected chi connectivity index (χ2v) is 4.56. The van der Waals surface area contributed by atoms with Crippen LogP contribution in [0.3, 0.4) is 0 Å². The highest BCUT2D eigenvalue weighted by Crippen LogP contribution is 2.27. The van der Waals surface area contributed by atoms with Crippen LogP contribution in [0.4, 0.5) is 0 Å². The molecule has 1 heteroatoms. The highest BCUT2D eigenvalue weighted by atomic mass is 16.1. The van der Waals surface area contributed by atoms with Crippen LogP contribution < -0.4 is 0 Å². The maximum atomic E-state index is 11.1. The van der Waals surface area contributed by atoms with Gasteiger partial charge in [0.25, 0.3) is 0 Å². The van der Waals surface area contributed by atoms with Crippen molar-refractivity contribution in [3.63, 3.8) is 0 Å². The molecule has 0 bridgehead atoms. The Hall–Kier alpha value is -0.590. The van der Waals surface area contributed by atoms with Gasteiger partial charge in [-0.25, -0.2) is 0 Å². The van der Waals surface area contributed by atoms with E-state index >= 15 is 0 Å². The molecule has 0 aromatic carbocycles. The average Bonchev–Trinajstić information content (AvgIpc) is 2.02. The smallest absolute Gasteiger partial charge is 0.155 e. The van der Waals surface area contributed by atoms with Crippen LogP contribution in [0.15, 0.2) is 11.6 Å². The van der Waals surface area contributed by atoms with E-state index in [0.29, 0.717) is 11.7 Å². The van der Waals surface area contributed by atoms with Crippen LogP contribution >= 0.6 is 0 Å². The van der Waals surface area contributed by atoms with Crippen LogP contribution in [0.2, 0.25) is 0 Å². The minimum absolute atomic E-state index is 0.318. The highest BCUT2D eigenvalue weighted by molar-refractivity contribution is 5.91. The van der Waals surface area contributed by atoms with Crippen molar-refractivity contribution in [2.75, 3.05) is 0 Å². The topological polar surface area (TPSA) is 17.1 Å². The van der Waals surface area contributed by atoms with Crippen molar-refractivity contribution >= 4 is 5.78 Å². The predicted octanol–water partition coefficient (Wildman–Crippen LogP) is 3.35. The fourth-order valence-electron chi connectivity index (χ4n) is 1.89. The first-order valence-corrected chi connectivity index (χ1v) is 5.30. The average molecular weight is 180 g/mol. The van der Waals surface area contributed by atoms with E-state index in [0.717, 1.165) is 18.8 Å². The Morgan fingerprint density at radius 2 is 2.23 bits per heavy atom. The zero-order chi connectivity index (χ0) is 9.84. The van der Waals surface area contributed by atoms with Crippen molar-refractivity contribution in [3.8, 4) is 0 Å². The molecule has 13 heavy (non-hydrogen) atoms. The van der Waals surface area contributed by atoms with Crippen molar-refractivity contribution < 1.29 is 4.79 Å². The van der Waals surface area contributed by atoms with Crippen LogP contribution in [-0.4, -0.2) is 5.78 Å². The third kappa shape index (κ3) is 3.33. The predicted molar refractivity (Wildman–Crippen MR) is 55.6 cm³/mol. The van der Waals surface area contributed by atoms with Gasteiger partial charge in [0, 0.05) is 6.42 Å². The van der Waals surface area contributed by atoms with Crippen molar-refractivity contribution in [2.24, 2.45) is 11.8 Å². The SMILES string of the molecule is CC1=CC(=O)CCC1CCC(C)C. The van der Waals surface area contributed by atoms with Crippen molar-refractivity contribution in [2.45, 2.75) is 46.5 Å². The number of ketones is 1. The third-order valence-electron chi connectivity index (χ3n) is 2.86. The molecular formula is C12H20O. The van der Waals surface area contributed by atoms with Gasteiger partial charge in [0.1, 0.15) is 0 Å². The van der Waals surface area contributed by atoms with Crippen molar-refractivity contribution in [1.29, 1.82) is 0 Å². The molecule has 0 spiro atoms. The van der Waals surface area contributed by atoms with E-state index in [9.17, 15) is 4.79 Å². The van der Waals surface area contributed by atoms with Gasteiger partial charge in [-0.05, 0) is 37.7 Å². The van der Waals surface area contributed by atoms with E-state index in [-0.39, 0.29) is 0 Å². The molecule has 1 rings (SSSR count). The molecule has 1 unspecified atom stereocenters. The molecule has 1 nitrogen and oxygen atoms in total. The Balaban J connectivity index is 2.43. The Morgan fingerprint density at radius 3 is 2.77 bits per heavy atom. The zero-order valence-electron chi connectivity index (χ0n) is 8.97. The first-order valence-electron chi connectivity index (χ1n) is 5.30. The number of hydrogen-bond acceptors (Lipinski definition) is 1. The molecule has 0 amide bonds. The first kappa shape index (κ1) is 10.5. The minimum atomic E-state index is 0.318. The van der Waals surface area contributed by atoms with Gasteiger partial charge in [-0.1, -0.05) is 25.8 Å². The first-order chi connectivity index (χ1) is 6.09. The highest BCUT2D eigenvalue weighted by Gasteiger charge is 2.18. The molecule has 0 aromatic heterocycles. The van der Waals surface area contributed by atoms with E-state index in [2.05, 4.69) is 20.8 Å². The minimum Gasteiger partial charge on any atom is -0.295 e. The Kier molecular flexibility index (Phi) is 3.71. The van der Waals surface area contributed by atoms with Gasteiger partial charge < -0.3 is 0 Å². The molecule has 1 aliphatic rings. The van der Waals surface area contributed by atoms with Gasteiger partial charge >= 0.3 is 0 Å². The van der Waals surface area contributed by atoms with Crippen LogP contribution in [0.25, 0.3) is 0 Å². The summed E-state index contributed by atoms with van der Waals surface area (Å²) in [7, 11) is 0. The number of allylic oxidation sites excluding steroid dienone is 2.